The molecule has 0 radical (unpaired) electrons. The summed E-state index contributed by atoms with van der Waals surface area (Å²) >= 11 is 0. The Hall–Kier alpha value is -2.35. The summed E-state index contributed by atoms with van der Waals surface area (Å²) in [6.07, 6.45) is -2.44. The number of halogens is 3. The number of benzene rings is 1. The van der Waals surface area contributed by atoms with Crippen LogP contribution in [0.25, 0.3) is 0 Å². The van der Waals surface area contributed by atoms with Gasteiger partial charge < -0.3 is 10.1 Å². The molecule has 0 bridgehead atoms. The first-order chi connectivity index (χ1) is 12.2. The zero-order valence-electron chi connectivity index (χ0n) is 14.9. The molecular formula is C18H22F3N3O2. The van der Waals surface area contributed by atoms with E-state index in [1.54, 1.807) is 24.3 Å². The third kappa shape index (κ3) is 5.59. The van der Waals surface area contributed by atoms with Gasteiger partial charge in [-0.1, -0.05) is 12.1 Å². The molecule has 26 heavy (non-hydrogen) atoms. The van der Waals surface area contributed by atoms with E-state index >= 15 is 0 Å². The molecule has 142 valence electrons. The largest absolute Gasteiger partial charge is 0.411 e. The van der Waals surface area contributed by atoms with Gasteiger partial charge in [0.2, 0.25) is 0 Å². The SMILES string of the molecule is CCn1cc([C@H](C)NC(=O)c2ccc(COCC(F)(F)F)cc2)c(C)n1. The molecule has 0 spiro atoms. The summed E-state index contributed by atoms with van der Waals surface area (Å²) in [5, 5.41) is 7.26. The standard InChI is InChI=1S/C18H22F3N3O2/c1-4-24-9-16(13(3)23-24)12(2)22-17(25)15-7-5-14(6-8-15)10-26-11-18(19,20)21/h5-9,12H,4,10-11H2,1-3H3,(H,22,25)/t12-/m0/s1. The lowest BCUT2D eigenvalue weighted by molar-refractivity contribution is -0.176. The van der Waals surface area contributed by atoms with E-state index in [1.165, 1.54) is 0 Å². The van der Waals surface area contributed by atoms with Crippen LogP contribution in [0.5, 0.6) is 0 Å². The van der Waals surface area contributed by atoms with Crippen molar-refractivity contribution in [1.82, 2.24) is 15.1 Å². The predicted molar refractivity (Wildman–Crippen MR) is 90.7 cm³/mol. The van der Waals surface area contributed by atoms with Crippen molar-refractivity contribution >= 4 is 5.91 Å². The van der Waals surface area contributed by atoms with Gasteiger partial charge in [-0.15, -0.1) is 0 Å². The van der Waals surface area contributed by atoms with Gasteiger partial charge in [0.1, 0.15) is 6.61 Å². The van der Waals surface area contributed by atoms with E-state index in [1.807, 2.05) is 31.6 Å². The van der Waals surface area contributed by atoms with Crippen molar-refractivity contribution in [3.63, 3.8) is 0 Å². The molecule has 0 saturated heterocycles. The van der Waals surface area contributed by atoms with E-state index in [0.717, 1.165) is 17.8 Å². The fourth-order valence-electron chi connectivity index (χ4n) is 2.52. The van der Waals surface area contributed by atoms with Crippen molar-refractivity contribution < 1.29 is 22.7 Å². The first kappa shape index (κ1) is 20.0. The van der Waals surface area contributed by atoms with E-state index in [4.69, 9.17) is 0 Å². The fraction of sp³-hybridized carbons (Fsp3) is 0.444. The van der Waals surface area contributed by atoms with Crippen LogP contribution >= 0.6 is 0 Å². The third-order valence-electron chi connectivity index (χ3n) is 3.87. The summed E-state index contributed by atoms with van der Waals surface area (Å²) in [7, 11) is 0. The number of hydrogen-bond donors (Lipinski definition) is 1. The summed E-state index contributed by atoms with van der Waals surface area (Å²) in [4.78, 5) is 12.4. The lowest BCUT2D eigenvalue weighted by Crippen LogP contribution is -2.26. The molecule has 0 unspecified atom stereocenters. The number of nitrogens with zero attached hydrogens (tertiary/aromatic N) is 2. The van der Waals surface area contributed by atoms with Crippen LogP contribution in [-0.4, -0.2) is 28.5 Å². The smallest absolute Gasteiger partial charge is 0.367 e. The van der Waals surface area contributed by atoms with Crippen LogP contribution in [0.1, 0.15) is 47.1 Å². The number of alkyl halides is 3. The number of ether oxygens (including phenoxy) is 1. The Kier molecular flexibility index (Phi) is 6.42. The second kappa shape index (κ2) is 8.35. The quantitative estimate of drug-likeness (QED) is 0.808. The molecule has 2 rings (SSSR count). The Bertz CT molecular complexity index is 739. The highest BCUT2D eigenvalue weighted by molar-refractivity contribution is 5.94. The first-order valence-electron chi connectivity index (χ1n) is 8.28. The van der Waals surface area contributed by atoms with E-state index in [0.29, 0.717) is 11.1 Å². The van der Waals surface area contributed by atoms with Crippen LogP contribution in [0.15, 0.2) is 30.5 Å². The van der Waals surface area contributed by atoms with Gasteiger partial charge in [0.05, 0.1) is 18.3 Å². The Morgan fingerprint density at radius 2 is 1.96 bits per heavy atom. The van der Waals surface area contributed by atoms with Crippen LogP contribution < -0.4 is 5.32 Å². The van der Waals surface area contributed by atoms with Crippen LogP contribution in [-0.2, 0) is 17.9 Å². The number of nitrogens with one attached hydrogen (secondary N) is 1. The number of aromatic nitrogens is 2. The van der Waals surface area contributed by atoms with Crippen molar-refractivity contribution in [2.24, 2.45) is 0 Å². The third-order valence-corrected chi connectivity index (χ3v) is 3.87. The highest BCUT2D eigenvalue weighted by Crippen LogP contribution is 2.18. The molecule has 0 saturated carbocycles. The van der Waals surface area contributed by atoms with Gasteiger partial charge in [-0.3, -0.25) is 9.48 Å². The number of carbonyl (C=O) groups is 1. The summed E-state index contributed by atoms with van der Waals surface area (Å²) in [5.41, 5.74) is 2.80. The van der Waals surface area contributed by atoms with Crippen molar-refractivity contribution in [2.45, 2.75) is 46.1 Å². The van der Waals surface area contributed by atoms with Crippen LogP contribution in [0.3, 0.4) is 0 Å². The second-order valence-corrected chi connectivity index (χ2v) is 6.03. The molecule has 8 heteroatoms. The zero-order valence-corrected chi connectivity index (χ0v) is 14.9. The maximum Gasteiger partial charge on any atom is 0.411 e. The molecule has 0 aliphatic rings. The van der Waals surface area contributed by atoms with E-state index in [9.17, 15) is 18.0 Å². The molecule has 1 atom stereocenters. The molecular weight excluding hydrogens is 347 g/mol. The normalized spacial score (nSPS) is 12.8. The minimum atomic E-state index is -4.35. The monoisotopic (exact) mass is 369 g/mol. The Balaban J connectivity index is 1.93. The molecule has 2 aromatic rings. The molecule has 1 aromatic carbocycles. The first-order valence-corrected chi connectivity index (χ1v) is 8.28. The van der Waals surface area contributed by atoms with Crippen molar-refractivity contribution in [2.75, 3.05) is 6.61 Å². The van der Waals surface area contributed by atoms with Crippen molar-refractivity contribution in [3.05, 3.63) is 52.8 Å². The lowest BCUT2D eigenvalue weighted by Gasteiger charge is -2.13. The minimum absolute atomic E-state index is 0.160. The van der Waals surface area contributed by atoms with E-state index in [2.05, 4.69) is 15.2 Å². The van der Waals surface area contributed by atoms with Gasteiger partial charge in [0, 0.05) is 23.9 Å². The van der Waals surface area contributed by atoms with Crippen LogP contribution in [0, 0.1) is 6.92 Å². The summed E-state index contributed by atoms with van der Waals surface area (Å²) in [5.74, 6) is -0.260. The number of hydrogen-bond acceptors (Lipinski definition) is 3. The molecule has 1 aromatic heterocycles. The van der Waals surface area contributed by atoms with E-state index < -0.39 is 12.8 Å². The average molecular weight is 369 g/mol. The molecule has 1 N–H and O–H groups in total. The summed E-state index contributed by atoms with van der Waals surface area (Å²) in [6, 6.07) is 6.08. The molecule has 0 aliphatic carbocycles. The van der Waals surface area contributed by atoms with Gasteiger partial charge in [0.25, 0.3) is 5.91 Å². The van der Waals surface area contributed by atoms with Crippen LogP contribution in [0.4, 0.5) is 13.2 Å². The van der Waals surface area contributed by atoms with Gasteiger partial charge >= 0.3 is 6.18 Å². The molecule has 5 nitrogen and oxygen atoms in total. The van der Waals surface area contributed by atoms with Gasteiger partial charge in [-0.25, -0.2) is 0 Å². The molecule has 1 heterocycles. The lowest BCUT2D eigenvalue weighted by atomic mass is 10.1. The Morgan fingerprint density at radius 1 is 1.31 bits per heavy atom. The number of rotatable bonds is 7. The number of carbonyl (C=O) groups excluding carboxylic acids is 1. The van der Waals surface area contributed by atoms with Gasteiger partial charge in [-0.05, 0) is 38.5 Å². The second-order valence-electron chi connectivity index (χ2n) is 6.03. The van der Waals surface area contributed by atoms with Gasteiger partial charge in [0.15, 0.2) is 0 Å². The predicted octanol–water partition coefficient (Wildman–Crippen LogP) is 3.78. The summed E-state index contributed by atoms with van der Waals surface area (Å²) in [6.45, 7) is 5.05. The maximum atomic E-state index is 12.4. The minimum Gasteiger partial charge on any atom is -0.367 e. The van der Waals surface area contributed by atoms with Gasteiger partial charge in [-0.2, -0.15) is 18.3 Å². The Morgan fingerprint density at radius 3 is 2.50 bits per heavy atom. The topological polar surface area (TPSA) is 56.2 Å². The highest BCUT2D eigenvalue weighted by atomic mass is 19.4. The summed E-state index contributed by atoms with van der Waals surface area (Å²) < 4.78 is 42.6. The van der Waals surface area contributed by atoms with Crippen molar-refractivity contribution in [3.8, 4) is 0 Å². The zero-order chi connectivity index (χ0) is 19.3. The van der Waals surface area contributed by atoms with E-state index in [-0.39, 0.29) is 18.6 Å². The fourth-order valence-corrected chi connectivity index (χ4v) is 2.52. The number of amides is 1. The molecule has 0 fully saturated rings. The molecule has 1 amide bonds. The number of aryl methyl sites for hydroxylation is 2. The highest BCUT2D eigenvalue weighted by Gasteiger charge is 2.27. The Labute approximate surface area is 150 Å². The van der Waals surface area contributed by atoms with Crippen molar-refractivity contribution in [1.29, 1.82) is 0 Å². The molecule has 0 aliphatic heterocycles. The average Bonchev–Trinajstić information content (AvgIpc) is 2.95. The maximum absolute atomic E-state index is 12.4. The van der Waals surface area contributed by atoms with Crippen LogP contribution in [0.2, 0.25) is 0 Å².